The number of H-pyrrole nitrogens is 2. The van der Waals surface area contributed by atoms with Crippen LogP contribution in [0.1, 0.15) is 57.4 Å². The van der Waals surface area contributed by atoms with Crippen LogP contribution in [0.25, 0.3) is 11.6 Å². The molecule has 1 aliphatic rings. The molecule has 0 atom stereocenters. The molecule has 2 aromatic heterocycles. The van der Waals surface area contributed by atoms with Crippen LogP contribution in [0.3, 0.4) is 0 Å². The number of aromatic amines is 2. The minimum atomic E-state index is 0. The monoisotopic (exact) mass is 556 g/mol. The van der Waals surface area contributed by atoms with Crippen LogP contribution in [0.15, 0.2) is 0 Å². The molecule has 1 radical (unpaired) electrons. The molecule has 0 saturated heterocycles. The van der Waals surface area contributed by atoms with E-state index in [-0.39, 0.29) is 33.0 Å². The van der Waals surface area contributed by atoms with E-state index < -0.39 is 0 Å². The maximum Gasteiger partial charge on any atom is 0.174 e. The third-order valence-corrected chi connectivity index (χ3v) is 6.63. The molecule has 1 fully saturated rings. The number of hydrogen-bond acceptors (Lipinski definition) is 2. The summed E-state index contributed by atoms with van der Waals surface area (Å²) in [5.74, 6) is 6.31. The Morgan fingerprint density at radius 3 is 0.963 bits per heavy atom. The van der Waals surface area contributed by atoms with Crippen molar-refractivity contribution in [3.63, 3.8) is 0 Å². The van der Waals surface area contributed by atoms with Gasteiger partial charge in [0, 0.05) is 31.5 Å². The maximum atomic E-state index is 4.39. The van der Waals surface area contributed by atoms with Crippen LogP contribution >= 0.6 is 0 Å². The van der Waals surface area contributed by atoms with Crippen LogP contribution in [-0.2, 0) is 20.1 Å². The number of rotatable bonds is 1. The summed E-state index contributed by atoms with van der Waals surface area (Å²) in [6.07, 6.45) is 0. The van der Waals surface area contributed by atoms with Gasteiger partial charge in [-0.2, -0.15) is 0 Å². The van der Waals surface area contributed by atoms with Crippen LogP contribution < -0.4 is 0 Å². The minimum absolute atomic E-state index is 0. The van der Waals surface area contributed by atoms with Gasteiger partial charge in [-0.1, -0.05) is 34.6 Å². The van der Waals surface area contributed by atoms with Gasteiger partial charge in [0.15, 0.2) is 11.6 Å². The van der Waals surface area contributed by atoms with Gasteiger partial charge >= 0.3 is 0 Å². The average molecular weight is 556 g/mol. The molecule has 27 heavy (non-hydrogen) atoms. The van der Waals surface area contributed by atoms with Crippen molar-refractivity contribution in [3.05, 3.63) is 30.2 Å². The van der Waals surface area contributed by atoms with Crippen molar-refractivity contribution in [3.8, 4) is 11.6 Å². The SMILES string of the molecule is CC1C(C)C(C)C(C)C1C.Cc1nc(-c2nc(C)c(C)[nH]2)[nH]c1C.O.[CH3-].[Ir]. The molecule has 0 aliphatic heterocycles. The van der Waals surface area contributed by atoms with Crippen molar-refractivity contribution < 1.29 is 25.6 Å². The fraction of sp³-hybridized carbons (Fsp3) is 0.667. The molecule has 3 rings (SSSR count). The second-order valence-corrected chi connectivity index (χ2v) is 7.89. The summed E-state index contributed by atoms with van der Waals surface area (Å²) < 4.78 is 0. The molecule has 0 amide bonds. The van der Waals surface area contributed by atoms with E-state index in [2.05, 4.69) is 54.6 Å². The summed E-state index contributed by atoms with van der Waals surface area (Å²) >= 11 is 0. The first kappa shape index (κ1) is 28.2. The number of aromatic nitrogens is 4. The van der Waals surface area contributed by atoms with Crippen molar-refractivity contribution in [2.75, 3.05) is 0 Å². The summed E-state index contributed by atoms with van der Waals surface area (Å²) in [6, 6.07) is 0. The Kier molecular flexibility index (Phi) is 11.6. The number of imidazole rings is 2. The topological polar surface area (TPSA) is 88.9 Å². The first-order chi connectivity index (χ1) is 11.1. The zero-order valence-electron chi connectivity index (χ0n) is 18.6. The zero-order valence-corrected chi connectivity index (χ0v) is 21.0. The van der Waals surface area contributed by atoms with Crippen LogP contribution in [0.5, 0.6) is 0 Å². The Balaban J connectivity index is 0. The smallest absolute Gasteiger partial charge is 0.174 e. The van der Waals surface area contributed by atoms with Gasteiger partial charge in [-0.3, -0.25) is 0 Å². The Labute approximate surface area is 179 Å². The van der Waals surface area contributed by atoms with Crippen LogP contribution in [0.2, 0.25) is 0 Å². The normalized spacial score (nSPS) is 26.2. The van der Waals surface area contributed by atoms with E-state index in [1.165, 1.54) is 0 Å². The van der Waals surface area contributed by atoms with Gasteiger partial charge < -0.3 is 22.9 Å². The second-order valence-electron chi connectivity index (χ2n) is 7.89. The molecule has 0 spiro atoms. The number of hydrogen-bond donors (Lipinski definition) is 2. The first-order valence-corrected chi connectivity index (χ1v) is 9.20. The van der Waals surface area contributed by atoms with Gasteiger partial charge in [-0.25, -0.2) is 9.97 Å². The molecule has 2 heterocycles. The Hall–Kier alpha value is -0.971. The molecule has 5 nitrogen and oxygen atoms in total. The van der Waals surface area contributed by atoms with E-state index in [9.17, 15) is 0 Å². The van der Waals surface area contributed by atoms with E-state index in [1.54, 1.807) is 0 Å². The summed E-state index contributed by atoms with van der Waals surface area (Å²) in [6.45, 7) is 20.0. The van der Waals surface area contributed by atoms with E-state index in [0.29, 0.717) is 0 Å². The predicted molar refractivity (Wildman–Crippen MR) is 111 cm³/mol. The molecule has 6 heteroatoms. The minimum Gasteiger partial charge on any atom is -0.412 e. The zero-order chi connectivity index (χ0) is 18.2. The van der Waals surface area contributed by atoms with Gasteiger partial charge in [0.25, 0.3) is 0 Å². The largest absolute Gasteiger partial charge is 0.412 e. The first-order valence-electron chi connectivity index (χ1n) is 9.20. The molecule has 159 valence electrons. The third kappa shape index (κ3) is 6.00. The van der Waals surface area contributed by atoms with Crippen molar-refractivity contribution >= 4 is 0 Å². The van der Waals surface area contributed by atoms with Crippen molar-refractivity contribution in [2.24, 2.45) is 29.6 Å². The third-order valence-electron chi connectivity index (χ3n) is 6.63. The predicted octanol–water partition coefficient (Wildman–Crippen LogP) is 4.84. The second kappa shape index (κ2) is 11.1. The van der Waals surface area contributed by atoms with Crippen LogP contribution in [0, 0.1) is 64.7 Å². The van der Waals surface area contributed by atoms with Crippen molar-refractivity contribution in [2.45, 2.75) is 62.3 Å². The standard InChI is InChI=1S/C10H14N4.C10H20.CH3.Ir.H2O/c1-5-6(2)12-9(11-5)10-13-7(3)8(4)14-10;1-6-7(2)9(4)10(5)8(6)3;;;/h1-4H3,(H,11,12)(H,13,14);6-10H,1-5H3;1H3;;1H2/q;;-1;;. The average Bonchev–Trinajstić information content (AvgIpc) is 3.11. The molecular formula is C21H39IrN4O-. The summed E-state index contributed by atoms with van der Waals surface area (Å²) in [5.41, 5.74) is 4.22. The van der Waals surface area contributed by atoms with Crippen molar-refractivity contribution in [1.29, 1.82) is 0 Å². The summed E-state index contributed by atoms with van der Waals surface area (Å²) in [7, 11) is 0. The number of nitrogens with one attached hydrogen (secondary N) is 2. The van der Waals surface area contributed by atoms with E-state index in [1.807, 2.05) is 27.7 Å². The summed E-state index contributed by atoms with van der Waals surface area (Å²) in [4.78, 5) is 15.2. The van der Waals surface area contributed by atoms with E-state index >= 15 is 0 Å². The summed E-state index contributed by atoms with van der Waals surface area (Å²) in [5, 5.41) is 0. The molecule has 1 saturated carbocycles. The van der Waals surface area contributed by atoms with Crippen molar-refractivity contribution in [1.82, 2.24) is 19.9 Å². The maximum absolute atomic E-state index is 4.39. The van der Waals surface area contributed by atoms with Gasteiger partial charge in [0.05, 0.1) is 11.4 Å². The van der Waals surface area contributed by atoms with Gasteiger partial charge in [-0.05, 0) is 57.3 Å². The van der Waals surface area contributed by atoms with Crippen LogP contribution in [0.4, 0.5) is 0 Å². The number of nitrogens with zero attached hydrogens (tertiary/aromatic N) is 2. The van der Waals surface area contributed by atoms with Gasteiger partial charge in [0.1, 0.15) is 0 Å². The molecule has 4 N–H and O–H groups in total. The molecule has 1 aliphatic carbocycles. The Morgan fingerprint density at radius 1 is 0.593 bits per heavy atom. The van der Waals surface area contributed by atoms with Gasteiger partial charge in [0.2, 0.25) is 0 Å². The molecule has 2 aromatic rings. The number of aryl methyl sites for hydroxylation is 4. The van der Waals surface area contributed by atoms with Crippen LogP contribution in [-0.4, -0.2) is 25.4 Å². The fourth-order valence-electron chi connectivity index (χ4n) is 3.71. The Morgan fingerprint density at radius 2 is 0.815 bits per heavy atom. The molecule has 0 bridgehead atoms. The quantitative estimate of drug-likeness (QED) is 0.494. The Bertz CT molecular complexity index is 566. The molecule has 0 aromatic carbocycles. The fourth-order valence-corrected chi connectivity index (χ4v) is 3.71. The molecular weight excluding hydrogens is 516 g/mol. The van der Waals surface area contributed by atoms with E-state index in [4.69, 9.17) is 0 Å². The molecule has 0 unspecified atom stereocenters. The van der Waals surface area contributed by atoms with E-state index in [0.717, 1.165) is 64.0 Å². The van der Waals surface area contributed by atoms with Gasteiger partial charge in [-0.15, -0.1) is 0 Å².